The van der Waals surface area contributed by atoms with Crippen molar-refractivity contribution in [2.75, 3.05) is 0 Å². The molecule has 7 heavy (non-hydrogen) atoms. The summed E-state index contributed by atoms with van der Waals surface area (Å²) in [7, 11) is 0. The molecule has 0 spiro atoms. The van der Waals surface area contributed by atoms with Gasteiger partial charge in [-0.15, -0.1) is 0 Å². The summed E-state index contributed by atoms with van der Waals surface area (Å²) in [5.74, 6) is 0. The van der Waals surface area contributed by atoms with Gasteiger partial charge in [-0.3, -0.25) is 0 Å². The van der Waals surface area contributed by atoms with Crippen molar-refractivity contribution in [3.05, 3.63) is 0 Å². The number of rotatable bonds is 0. The van der Waals surface area contributed by atoms with Gasteiger partial charge in [-0.25, -0.2) is 0 Å². The molecule has 7 heteroatoms. The van der Waals surface area contributed by atoms with Crippen molar-refractivity contribution in [2.24, 2.45) is 0 Å². The Hall–Kier alpha value is 4.66. The molecule has 0 aliphatic carbocycles. The minimum atomic E-state index is 0. The molecule has 0 N–H and O–H groups in total. The Kier molecular flexibility index (Phi) is 399. The van der Waals surface area contributed by atoms with Crippen molar-refractivity contribution in [1.29, 1.82) is 0 Å². The van der Waals surface area contributed by atoms with Gasteiger partial charge in [0.1, 0.15) is 0 Å². The van der Waals surface area contributed by atoms with E-state index in [0.717, 1.165) is 0 Å². The van der Waals surface area contributed by atoms with Gasteiger partial charge in [0.15, 0.2) is 0 Å². The SMILES string of the molecule is [O-2].[O-2].[O-2].[Tb+3].[Tb+3].[Y].[Y]. The zero-order chi connectivity index (χ0) is 0. The Morgan fingerprint density at radius 1 is 0.429 bits per heavy atom. The second-order valence-electron chi connectivity index (χ2n) is 0. The topological polar surface area (TPSA) is 85.5 Å². The summed E-state index contributed by atoms with van der Waals surface area (Å²) in [4.78, 5) is 0. The van der Waals surface area contributed by atoms with Gasteiger partial charge < -0.3 is 16.4 Å². The van der Waals surface area contributed by atoms with Gasteiger partial charge in [0.2, 0.25) is 0 Å². The van der Waals surface area contributed by atoms with Crippen LogP contribution in [0.5, 0.6) is 0 Å². The maximum Gasteiger partial charge on any atom is 3.00 e. The third kappa shape index (κ3) is 36.8. The molecule has 42 valence electrons. The maximum atomic E-state index is 0. The van der Waals surface area contributed by atoms with Gasteiger partial charge in [0, 0.05) is 65.4 Å². The third-order valence-electron chi connectivity index (χ3n) is 0. The summed E-state index contributed by atoms with van der Waals surface area (Å²) in [6.45, 7) is 0. The molecule has 0 saturated heterocycles. The summed E-state index contributed by atoms with van der Waals surface area (Å²) in [5.41, 5.74) is 0. The summed E-state index contributed by atoms with van der Waals surface area (Å²) >= 11 is 0. The summed E-state index contributed by atoms with van der Waals surface area (Å²) in [6.07, 6.45) is 0. The molecule has 0 aliphatic rings. The molecule has 0 saturated carbocycles. The van der Waals surface area contributed by atoms with Crippen LogP contribution in [0.3, 0.4) is 0 Å². The van der Waals surface area contributed by atoms with Crippen molar-refractivity contribution in [3.63, 3.8) is 0 Å². The normalized spacial score (nSPS) is 0. The standard InChI is InChI=1S/3O.2Tb.2Y/q3*-2;2*+3;;. The second-order valence-corrected chi connectivity index (χ2v) is 0. The van der Waals surface area contributed by atoms with Crippen molar-refractivity contribution >= 4 is 0 Å². The van der Waals surface area contributed by atoms with Crippen LogP contribution < -0.4 is 0 Å². The molecule has 0 aromatic rings. The van der Waals surface area contributed by atoms with Crippen molar-refractivity contribution < 1.29 is 159 Å². The molecule has 0 bridgehead atoms. The third-order valence-corrected chi connectivity index (χ3v) is 0. The van der Waals surface area contributed by atoms with Crippen molar-refractivity contribution in [3.8, 4) is 0 Å². The number of hydrogen-bond acceptors (Lipinski definition) is 0. The summed E-state index contributed by atoms with van der Waals surface area (Å²) in [6, 6.07) is 0. The summed E-state index contributed by atoms with van der Waals surface area (Å²) < 4.78 is 0. The summed E-state index contributed by atoms with van der Waals surface area (Å²) in [5, 5.41) is 0. The monoisotopic (exact) mass is 544 g/mol. The smallest absolute Gasteiger partial charge is 2.00 e. The molecule has 0 aromatic carbocycles. The Balaban J connectivity index is 0. The molecule has 3 nitrogen and oxygen atoms in total. The molecular formula is O3Tb2Y2. The number of hydrogen-bond donors (Lipinski definition) is 0. The molecular weight excluding hydrogens is 544 g/mol. The zero-order valence-electron chi connectivity index (χ0n) is 3.05. The zero-order valence-corrected chi connectivity index (χ0v) is 13.0. The van der Waals surface area contributed by atoms with Gasteiger partial charge in [0.25, 0.3) is 0 Å². The van der Waals surface area contributed by atoms with E-state index < -0.39 is 0 Å². The van der Waals surface area contributed by atoms with E-state index in [4.69, 9.17) is 0 Å². The van der Waals surface area contributed by atoms with Gasteiger partial charge >= 0.3 is 77.2 Å². The maximum absolute atomic E-state index is 0. The van der Waals surface area contributed by atoms with E-state index in [1.165, 1.54) is 0 Å². The predicted octanol–water partition coefficient (Wildman–Crippen LogP) is -0.361. The van der Waals surface area contributed by atoms with Crippen LogP contribution in [-0.4, -0.2) is 0 Å². The van der Waals surface area contributed by atoms with Crippen LogP contribution in [0.4, 0.5) is 0 Å². The first kappa shape index (κ1) is 61.0. The van der Waals surface area contributed by atoms with E-state index >= 15 is 0 Å². The van der Waals surface area contributed by atoms with Crippen LogP contribution in [0, 0.1) is 77.2 Å². The Labute approximate surface area is 154 Å². The fourth-order valence-electron chi connectivity index (χ4n) is 0. The van der Waals surface area contributed by atoms with Gasteiger partial charge in [-0.2, -0.15) is 0 Å². The van der Waals surface area contributed by atoms with Gasteiger partial charge in [0.05, 0.1) is 0 Å². The molecule has 0 amide bonds. The van der Waals surface area contributed by atoms with E-state index in [-0.39, 0.29) is 159 Å². The van der Waals surface area contributed by atoms with E-state index in [1.807, 2.05) is 0 Å². The molecule has 0 rings (SSSR count). The molecule has 0 fully saturated rings. The predicted molar refractivity (Wildman–Crippen MR) is 2.06 cm³/mol. The van der Waals surface area contributed by atoms with Crippen LogP contribution in [0.2, 0.25) is 0 Å². The van der Waals surface area contributed by atoms with Crippen LogP contribution in [0.25, 0.3) is 0 Å². The first-order valence-corrected chi connectivity index (χ1v) is 0. The van der Waals surface area contributed by atoms with E-state index in [0.29, 0.717) is 0 Å². The fourth-order valence-corrected chi connectivity index (χ4v) is 0. The molecule has 0 heterocycles. The van der Waals surface area contributed by atoms with Gasteiger partial charge in [-0.1, -0.05) is 0 Å². The molecule has 0 aliphatic heterocycles. The second kappa shape index (κ2) is 45.8. The quantitative estimate of drug-likeness (QED) is 0.400. The van der Waals surface area contributed by atoms with Gasteiger partial charge in [-0.05, 0) is 0 Å². The largest absolute Gasteiger partial charge is 3.00 e. The molecule has 0 unspecified atom stereocenters. The minimum absolute atomic E-state index is 0. The fraction of sp³-hybridized carbons (Fsp3) is 0. The van der Waals surface area contributed by atoms with Crippen LogP contribution in [0.1, 0.15) is 0 Å². The molecule has 0 atom stereocenters. The van der Waals surface area contributed by atoms with Crippen molar-refractivity contribution in [2.45, 2.75) is 0 Å². The molecule has 2 radical (unpaired) electrons. The first-order chi connectivity index (χ1) is 0. The van der Waals surface area contributed by atoms with Crippen LogP contribution >= 0.6 is 0 Å². The van der Waals surface area contributed by atoms with E-state index in [2.05, 4.69) is 0 Å². The van der Waals surface area contributed by atoms with Crippen LogP contribution in [0.15, 0.2) is 0 Å². The Morgan fingerprint density at radius 3 is 0.429 bits per heavy atom. The minimum Gasteiger partial charge on any atom is -2.00 e. The Morgan fingerprint density at radius 2 is 0.429 bits per heavy atom. The van der Waals surface area contributed by atoms with Crippen LogP contribution in [-0.2, 0) is 81.8 Å². The first-order valence-electron chi connectivity index (χ1n) is 0. The molecule has 0 aromatic heterocycles. The average Bonchev–Trinajstić information content (AvgIpc) is 0. The Bertz CT molecular complexity index is 10.9. The van der Waals surface area contributed by atoms with E-state index in [9.17, 15) is 0 Å². The van der Waals surface area contributed by atoms with Crippen molar-refractivity contribution in [1.82, 2.24) is 0 Å². The average molecular weight is 544 g/mol. The van der Waals surface area contributed by atoms with E-state index in [1.54, 1.807) is 0 Å².